The smallest absolute Gasteiger partial charge is 0.272 e. The number of H-pyrrole nitrogens is 1. The minimum absolute atomic E-state index is 0.000879. The van der Waals surface area contributed by atoms with Gasteiger partial charge < -0.3 is 24.8 Å². The highest BCUT2D eigenvalue weighted by atomic mass is 19.1. The number of rotatable bonds is 11. The Hall–Kier alpha value is -5.54. The molecule has 8 rings (SSSR count). The van der Waals surface area contributed by atoms with Gasteiger partial charge in [-0.05, 0) is 87.3 Å². The molecule has 4 aromatic rings. The number of hydrogen-bond acceptors (Lipinski definition) is 8. The van der Waals surface area contributed by atoms with E-state index in [2.05, 4.69) is 20.4 Å². The standard InChI is InChI=1S/C48H57F2N7O6/c1-31-11-13-40(49)38(27-31)45(59)51-44(33-7-3-2-4-8-33)48(62)56-21-17-35(18-22-56)63-34-15-19-54(20-16-34)30-43(58)55-23-25-57(26-24-55)47(61)39-28-32(12-14-41(39)50)29-42-36-9-5-6-10-37(36)46(60)53-52-42/h5-6,9-14,27-28,33-35,44H,2-4,7-8,15-26,29-30H2,1H3,(H,51,59)(H,53,60)/t44-/m1/s1. The zero-order valence-corrected chi connectivity index (χ0v) is 36.0. The molecular weight excluding hydrogens is 809 g/mol. The first kappa shape index (κ1) is 44.1. The number of nitrogens with one attached hydrogen (secondary N) is 2. The highest BCUT2D eigenvalue weighted by Gasteiger charge is 2.37. The van der Waals surface area contributed by atoms with Gasteiger partial charge in [0.2, 0.25) is 11.8 Å². The van der Waals surface area contributed by atoms with Crippen LogP contribution in [-0.4, -0.2) is 131 Å². The summed E-state index contributed by atoms with van der Waals surface area (Å²) < 4.78 is 36.2. The van der Waals surface area contributed by atoms with Crippen molar-refractivity contribution in [3.8, 4) is 0 Å². The van der Waals surface area contributed by atoms with Crippen LogP contribution >= 0.6 is 0 Å². The molecule has 1 aromatic heterocycles. The molecule has 0 bridgehead atoms. The molecule has 2 N–H and O–H groups in total. The zero-order chi connectivity index (χ0) is 44.0. The monoisotopic (exact) mass is 865 g/mol. The summed E-state index contributed by atoms with van der Waals surface area (Å²) in [6.07, 6.45) is 8.17. The van der Waals surface area contributed by atoms with Crippen LogP contribution in [0, 0.1) is 24.5 Å². The number of piperazine rings is 1. The first-order valence-corrected chi connectivity index (χ1v) is 22.6. The van der Waals surface area contributed by atoms with Crippen molar-refractivity contribution in [2.45, 2.75) is 89.4 Å². The molecule has 0 radical (unpaired) electrons. The van der Waals surface area contributed by atoms with Crippen LogP contribution in [0.25, 0.3) is 10.8 Å². The molecule has 15 heteroatoms. The van der Waals surface area contributed by atoms with Gasteiger partial charge in [-0.2, -0.15) is 5.10 Å². The molecule has 3 aliphatic heterocycles. The molecule has 3 aromatic carbocycles. The van der Waals surface area contributed by atoms with Gasteiger partial charge in [0, 0.05) is 64.2 Å². The Balaban J connectivity index is 0.765. The molecule has 4 fully saturated rings. The fraction of sp³-hybridized carbons (Fsp3) is 0.500. The molecule has 1 atom stereocenters. The van der Waals surface area contributed by atoms with Gasteiger partial charge >= 0.3 is 0 Å². The SMILES string of the molecule is Cc1ccc(F)c(C(=O)N[C@@H](C(=O)N2CCC(OC3CCN(CC(=O)N4CCN(C(=O)c5cc(Cc6n[nH]c(=O)c7ccccc67)ccc5F)CC4)CC3)CC2)C2CCCCC2)c1. The molecule has 1 aliphatic carbocycles. The van der Waals surface area contributed by atoms with Crippen LogP contribution in [0.1, 0.15) is 95.3 Å². The number of hydrogen-bond donors (Lipinski definition) is 2. The predicted octanol–water partition coefficient (Wildman–Crippen LogP) is 5.24. The van der Waals surface area contributed by atoms with Gasteiger partial charge in [-0.25, -0.2) is 13.9 Å². The molecule has 4 amide bonds. The van der Waals surface area contributed by atoms with Crippen molar-refractivity contribution >= 4 is 34.4 Å². The molecule has 0 unspecified atom stereocenters. The fourth-order valence-corrected chi connectivity index (χ4v) is 9.73. The number of fused-ring (bicyclic) bond motifs is 1. The van der Waals surface area contributed by atoms with Gasteiger partial charge in [0.05, 0.1) is 41.0 Å². The Morgan fingerprint density at radius 1 is 0.746 bits per heavy atom. The lowest BCUT2D eigenvalue weighted by Gasteiger charge is -2.40. The summed E-state index contributed by atoms with van der Waals surface area (Å²) in [7, 11) is 0. The first-order chi connectivity index (χ1) is 30.5. The van der Waals surface area contributed by atoms with Gasteiger partial charge in [-0.1, -0.05) is 55.2 Å². The van der Waals surface area contributed by atoms with Crippen molar-refractivity contribution in [3.63, 3.8) is 0 Å². The highest BCUT2D eigenvalue weighted by Crippen LogP contribution is 2.30. The number of amides is 4. The van der Waals surface area contributed by atoms with Gasteiger partial charge in [-0.15, -0.1) is 0 Å². The lowest BCUT2D eigenvalue weighted by molar-refractivity contribution is -0.140. The lowest BCUT2D eigenvalue weighted by atomic mass is 9.83. The van der Waals surface area contributed by atoms with E-state index in [9.17, 15) is 28.4 Å². The van der Waals surface area contributed by atoms with Crippen LogP contribution in [0.2, 0.25) is 0 Å². The second-order valence-electron chi connectivity index (χ2n) is 17.7. The molecule has 4 heterocycles. The van der Waals surface area contributed by atoms with Crippen LogP contribution in [0.5, 0.6) is 0 Å². The van der Waals surface area contributed by atoms with Crippen molar-refractivity contribution in [3.05, 3.63) is 111 Å². The molecule has 13 nitrogen and oxygen atoms in total. The summed E-state index contributed by atoms with van der Waals surface area (Å²) in [4.78, 5) is 73.7. The molecule has 4 aliphatic rings. The Labute approximate surface area is 366 Å². The first-order valence-electron chi connectivity index (χ1n) is 22.6. The van der Waals surface area contributed by atoms with Crippen molar-refractivity contribution in [2.24, 2.45) is 5.92 Å². The average molecular weight is 866 g/mol. The van der Waals surface area contributed by atoms with Crippen LogP contribution < -0.4 is 10.9 Å². The number of aromatic amines is 1. The number of ether oxygens (including phenoxy) is 1. The second kappa shape index (κ2) is 19.9. The van der Waals surface area contributed by atoms with Gasteiger partial charge in [0.25, 0.3) is 17.4 Å². The topological polar surface area (TPSA) is 148 Å². The number of benzene rings is 3. The maximum atomic E-state index is 15.0. The third-order valence-electron chi connectivity index (χ3n) is 13.4. The largest absolute Gasteiger partial charge is 0.375 e. The molecule has 0 spiro atoms. The third kappa shape index (κ3) is 10.5. The van der Waals surface area contributed by atoms with Gasteiger partial charge in [-0.3, -0.25) is 28.9 Å². The number of halogens is 2. The maximum absolute atomic E-state index is 15.0. The van der Waals surface area contributed by atoms with E-state index < -0.39 is 29.5 Å². The van der Waals surface area contributed by atoms with Gasteiger partial charge in [0.1, 0.15) is 17.7 Å². The van der Waals surface area contributed by atoms with E-state index in [1.165, 1.54) is 18.2 Å². The van der Waals surface area contributed by atoms with Crippen molar-refractivity contribution < 1.29 is 32.7 Å². The number of carbonyl (C=O) groups is 4. The van der Waals surface area contributed by atoms with Crippen LogP contribution in [0.15, 0.2) is 65.5 Å². The van der Waals surface area contributed by atoms with Crippen LogP contribution in [0.3, 0.4) is 0 Å². The number of aromatic nitrogens is 2. The van der Waals surface area contributed by atoms with E-state index in [1.807, 2.05) is 24.0 Å². The predicted molar refractivity (Wildman–Crippen MR) is 233 cm³/mol. The normalized spacial score (nSPS) is 19.0. The number of likely N-dealkylation sites (tertiary alicyclic amines) is 2. The average Bonchev–Trinajstić information content (AvgIpc) is 3.31. The molecule has 3 saturated heterocycles. The number of nitrogens with zero attached hydrogens (tertiary/aromatic N) is 5. The second-order valence-corrected chi connectivity index (χ2v) is 17.7. The Morgan fingerprint density at radius 2 is 1.38 bits per heavy atom. The van der Waals surface area contributed by atoms with E-state index >= 15 is 4.39 Å². The Bertz CT molecular complexity index is 2360. The summed E-state index contributed by atoms with van der Waals surface area (Å²) in [5, 5.41) is 10.9. The van der Waals surface area contributed by atoms with Crippen molar-refractivity contribution in [2.75, 3.05) is 58.9 Å². The van der Waals surface area contributed by atoms with Crippen LogP contribution in [-0.2, 0) is 20.7 Å². The fourth-order valence-electron chi connectivity index (χ4n) is 9.73. The van der Waals surface area contributed by atoms with E-state index in [-0.39, 0.29) is 53.2 Å². The highest BCUT2D eigenvalue weighted by molar-refractivity contribution is 5.98. The molecule has 1 saturated carbocycles. The minimum Gasteiger partial charge on any atom is -0.375 e. The Morgan fingerprint density at radius 3 is 2.10 bits per heavy atom. The summed E-state index contributed by atoms with van der Waals surface area (Å²) in [5.41, 5.74) is 1.72. The van der Waals surface area contributed by atoms with Crippen molar-refractivity contribution in [1.29, 1.82) is 0 Å². The zero-order valence-electron chi connectivity index (χ0n) is 36.0. The maximum Gasteiger partial charge on any atom is 0.272 e. The quantitative estimate of drug-likeness (QED) is 0.208. The summed E-state index contributed by atoms with van der Waals surface area (Å²) in [6, 6.07) is 15.3. The van der Waals surface area contributed by atoms with E-state index in [0.717, 1.165) is 63.6 Å². The lowest BCUT2D eigenvalue weighted by Crippen LogP contribution is -2.55. The third-order valence-corrected chi connectivity index (χ3v) is 13.4. The van der Waals surface area contributed by atoms with E-state index in [4.69, 9.17) is 4.74 Å². The van der Waals surface area contributed by atoms with Crippen LogP contribution in [0.4, 0.5) is 8.78 Å². The molecule has 63 heavy (non-hydrogen) atoms. The van der Waals surface area contributed by atoms with E-state index in [0.29, 0.717) is 80.6 Å². The number of aryl methyl sites for hydroxylation is 1. The van der Waals surface area contributed by atoms with Gasteiger partial charge in [0.15, 0.2) is 0 Å². The Kier molecular flexibility index (Phi) is 13.9. The molecule has 334 valence electrons. The minimum atomic E-state index is -0.692. The summed E-state index contributed by atoms with van der Waals surface area (Å²) >= 11 is 0. The van der Waals surface area contributed by atoms with Crippen molar-refractivity contribution in [1.82, 2.24) is 35.1 Å². The summed E-state index contributed by atoms with van der Waals surface area (Å²) in [5.74, 6) is -2.27. The molecular formula is C48H57F2N7O6. The van der Waals surface area contributed by atoms with E-state index in [1.54, 1.807) is 40.1 Å². The number of piperidine rings is 2. The summed E-state index contributed by atoms with van der Waals surface area (Å²) in [6.45, 7) is 5.89. The number of carbonyl (C=O) groups excluding carboxylic acids is 4.